The molecule has 6 rings (SSSR count). The van der Waals surface area contributed by atoms with Crippen molar-refractivity contribution in [2.24, 2.45) is 0 Å². The van der Waals surface area contributed by atoms with Gasteiger partial charge < -0.3 is 109 Å². The van der Waals surface area contributed by atoms with Gasteiger partial charge in [-0.2, -0.15) is 0 Å². The van der Waals surface area contributed by atoms with E-state index in [4.69, 9.17) is 84.5 Å². The predicted molar refractivity (Wildman–Crippen MR) is 463 cm³/mol. The number of nitrogens with one attached hydrogen (secondary N) is 3. The molecule has 3 heterocycles. The Morgan fingerprint density at radius 2 is 0.732 bits per heavy atom. The van der Waals surface area contributed by atoms with Gasteiger partial charge in [0, 0.05) is 100 Å². The van der Waals surface area contributed by atoms with Gasteiger partial charge in [-0.1, -0.05) is 62.1 Å². The third-order valence-electron chi connectivity index (χ3n) is 19.0. The Morgan fingerprint density at radius 1 is 0.439 bits per heavy atom. The topological polar surface area (TPSA) is 633 Å². The second kappa shape index (κ2) is 51.1. The molecule has 0 aliphatic carbocycles. The van der Waals surface area contributed by atoms with Crippen LogP contribution in [-0.4, -0.2) is 254 Å². The van der Waals surface area contributed by atoms with E-state index in [-0.39, 0.29) is 75.9 Å². The molecule has 0 saturated carbocycles. The van der Waals surface area contributed by atoms with Gasteiger partial charge in [0.05, 0.1) is 65.0 Å². The number of carbonyl (C=O) groups excluding carboxylic acids is 6. The summed E-state index contributed by atoms with van der Waals surface area (Å²) >= 11 is 9.55. The Kier molecular flexibility index (Phi) is 45.0. The quantitative estimate of drug-likeness (QED) is 0.00555. The Labute approximate surface area is 723 Å². The largest absolute Gasteiger partial charge is 0.449 e. The van der Waals surface area contributed by atoms with E-state index in [1.54, 1.807) is 69.6 Å². The summed E-state index contributed by atoms with van der Waals surface area (Å²) in [6.07, 6.45) is 5.24. The van der Waals surface area contributed by atoms with Gasteiger partial charge in [-0.15, -0.1) is 0 Å². The van der Waals surface area contributed by atoms with Crippen LogP contribution >= 0.6 is 73.1 Å². The van der Waals surface area contributed by atoms with E-state index < -0.39 is 116 Å². The number of carbonyl (C=O) groups is 6. The van der Waals surface area contributed by atoms with Crippen LogP contribution in [0.25, 0.3) is 32.7 Å². The van der Waals surface area contributed by atoms with Crippen molar-refractivity contribution in [3.8, 4) is 0 Å². The van der Waals surface area contributed by atoms with Gasteiger partial charge in [-0.3, -0.25) is 81.5 Å². The first-order valence-corrected chi connectivity index (χ1v) is 50.2. The monoisotopic (exact) mass is 1940 g/mol. The molecule has 16 N–H and O–H groups in total. The molecular formula is C72H111BrClN13O30P6. The molecule has 3 atom stereocenters. The number of rotatable bonds is 47. The number of aliphatic hydroxyl groups excluding tert-OH is 1. The van der Waals surface area contributed by atoms with E-state index in [9.17, 15) is 71.4 Å². The Morgan fingerprint density at radius 3 is 1.03 bits per heavy atom. The van der Waals surface area contributed by atoms with Gasteiger partial charge in [-0.05, 0) is 192 Å². The lowest BCUT2D eigenvalue weighted by atomic mass is 10.1. The Hall–Kier alpha value is -6.98. The third kappa shape index (κ3) is 36.0. The molecule has 0 radical (unpaired) electrons. The standard InChI is InChI=1S/C24H37BrN4O9P2.C24H37ClN4O10P2.C24H37N5O11P2/c1-4-28(5-2)14-6-8-17(3)29(21-12-13-26-20-16-18(25)10-11-19(20)21)24(31)38-15-7-9-22(30)27-23(39(32,33)34)40(35,36)37;1-3-28(13-14-30)12-4-6-17(2)29(21-10-11-26-20-16-18(25)8-9-19(20)21)24(32)39-15-5-7-22(31)27-23(40(33,34)35)41(36,37)38;1-4-27(5-2)14-6-8-17(3)28(21-12-13-25-20-16-18(29(32)33)10-11-19(20)21)24(31)40-15-7-9-22(30)26-23(41(34,35)36)42(37,38)39/h10-13,16-17,23H,4-9,14-15H2,1-3H3,(H,27,30)(H2,32,33,34)(H2,35,36,37);8-11,16-17,23,30H,3-7,12-15H2,1-2H3,(H,27,31)(H2,33,34,35)(H2,36,37,38);10-13,16-17,23H,4-9,14-15H2,1-3H3,(H,26,30)(H2,34,35,36)(H2,37,38,39). The second-order valence-electron chi connectivity index (χ2n) is 28.1. The van der Waals surface area contributed by atoms with Crippen molar-refractivity contribution in [3.05, 3.63) is 111 Å². The Balaban J connectivity index is 0.000000387. The van der Waals surface area contributed by atoms with Crippen molar-refractivity contribution < 1.29 is 139 Å². The maximum absolute atomic E-state index is 13.4. The van der Waals surface area contributed by atoms with Crippen LogP contribution in [0.4, 0.5) is 37.1 Å². The highest BCUT2D eigenvalue weighted by Crippen LogP contribution is 2.60. The van der Waals surface area contributed by atoms with E-state index in [0.29, 0.717) is 75.2 Å². The molecule has 51 heteroatoms. The molecule has 3 unspecified atom stereocenters. The van der Waals surface area contributed by atoms with Gasteiger partial charge >= 0.3 is 63.9 Å². The summed E-state index contributed by atoms with van der Waals surface area (Å²) in [7, 11) is -32.0. The molecule has 0 saturated heterocycles. The number of hydrogen-bond acceptors (Lipinski definition) is 24. The molecule has 0 bridgehead atoms. The first-order chi connectivity index (χ1) is 57.5. The van der Waals surface area contributed by atoms with Crippen LogP contribution in [-0.2, 0) is 56.0 Å². The number of likely N-dealkylation sites (N-methyl/N-ethyl adjacent to an activating group) is 1. The van der Waals surface area contributed by atoms with Gasteiger partial charge in [0.25, 0.3) is 5.69 Å². The summed E-state index contributed by atoms with van der Waals surface area (Å²) < 4.78 is 85.4. The summed E-state index contributed by atoms with van der Waals surface area (Å²) in [4.78, 5) is 221. The highest BCUT2D eigenvalue weighted by atomic mass is 79.9. The SMILES string of the molecule is CCN(CC)CCCC(C)N(C(=O)OCCCC(=O)NC(P(=O)(O)O)P(=O)(O)O)c1ccnc2cc(Br)ccc12.CCN(CC)CCCC(C)N(C(=O)OCCCC(=O)NC(P(=O)(O)O)P(=O)(O)O)c1ccnc2cc([N+](=O)[O-])ccc12.CCN(CCO)CCCC(C)N(C(=O)OCCCC(=O)NC(P(=O)(O)O)P(=O)(O)O)c1ccnc2cc(Cl)ccc12. The third-order valence-corrected chi connectivity index (χ3v) is 29.8. The average molecular weight is 1940 g/mol. The number of halogens is 2. The maximum atomic E-state index is 13.4. The number of hydrogen-bond donors (Lipinski definition) is 16. The highest BCUT2D eigenvalue weighted by molar-refractivity contribution is 9.10. The number of aliphatic hydroxyl groups is 1. The minimum atomic E-state index is -5.35. The van der Waals surface area contributed by atoms with Gasteiger partial charge in [0.2, 0.25) is 34.3 Å². The van der Waals surface area contributed by atoms with E-state index in [2.05, 4.69) is 73.3 Å². The van der Waals surface area contributed by atoms with E-state index >= 15 is 0 Å². The first kappa shape index (κ1) is 108. The number of amides is 6. The molecule has 0 aliphatic rings. The summed E-state index contributed by atoms with van der Waals surface area (Å²) in [5.74, 6) is -3.07. The van der Waals surface area contributed by atoms with E-state index in [0.717, 1.165) is 81.5 Å². The minimum Gasteiger partial charge on any atom is -0.449 e. The van der Waals surface area contributed by atoms with Crippen molar-refractivity contribution >= 4 is 165 Å². The molecule has 123 heavy (non-hydrogen) atoms. The number of non-ortho nitro benzene ring substituents is 1. The highest BCUT2D eigenvalue weighted by Gasteiger charge is 2.47. The molecule has 3 aromatic carbocycles. The molecule has 43 nitrogen and oxygen atoms in total. The summed E-state index contributed by atoms with van der Waals surface area (Å²) in [6.45, 7) is 22.5. The molecule has 688 valence electrons. The molecule has 6 aromatic rings. The van der Waals surface area contributed by atoms with Crippen LogP contribution in [0, 0.1) is 10.1 Å². The van der Waals surface area contributed by atoms with Gasteiger partial charge in [-0.25, -0.2) is 14.4 Å². The van der Waals surface area contributed by atoms with Crippen LogP contribution in [0.1, 0.15) is 132 Å². The van der Waals surface area contributed by atoms with Crippen LogP contribution in [0.2, 0.25) is 5.02 Å². The normalized spacial score (nSPS) is 13.0. The zero-order valence-corrected chi connectivity index (χ0v) is 76.7. The number of pyridine rings is 3. The number of ether oxygens (including phenoxy) is 3. The first-order valence-electron chi connectivity index (χ1n) is 38.9. The fraction of sp³-hybridized carbons (Fsp3) is 0.542. The summed E-state index contributed by atoms with van der Waals surface area (Å²) in [5.41, 5.74) is -5.01. The fourth-order valence-electron chi connectivity index (χ4n) is 12.6. The zero-order chi connectivity index (χ0) is 92.5. The number of nitrogens with zero attached hydrogens (tertiary/aromatic N) is 10. The molecule has 6 amide bonds. The Bertz CT molecular complexity index is 4740. The molecule has 0 aliphatic heterocycles. The number of anilines is 3. The van der Waals surface area contributed by atoms with Crippen molar-refractivity contribution in [2.45, 2.75) is 167 Å². The minimum absolute atomic E-state index is 0.0408. The van der Waals surface area contributed by atoms with Crippen molar-refractivity contribution in [1.82, 2.24) is 45.6 Å². The van der Waals surface area contributed by atoms with E-state index in [1.165, 1.54) is 34.2 Å². The van der Waals surface area contributed by atoms with Crippen LogP contribution in [0.5, 0.6) is 0 Å². The smallest absolute Gasteiger partial charge is 0.414 e. The number of nitro groups is 1. The molecule has 0 fully saturated rings. The average Bonchev–Trinajstić information content (AvgIpc) is 0.801. The number of nitro benzene ring substituents is 1. The lowest BCUT2D eigenvalue weighted by molar-refractivity contribution is -0.384. The van der Waals surface area contributed by atoms with Crippen molar-refractivity contribution in [2.75, 3.05) is 100 Å². The molecule has 3 aromatic heterocycles. The second-order valence-corrected chi connectivity index (χ2v) is 40.8. The van der Waals surface area contributed by atoms with Crippen LogP contribution in [0.3, 0.4) is 0 Å². The molecular weight excluding hydrogens is 1830 g/mol. The van der Waals surface area contributed by atoms with Crippen molar-refractivity contribution in [1.29, 1.82) is 0 Å². The van der Waals surface area contributed by atoms with Crippen LogP contribution in [0.15, 0.2) is 95.9 Å². The van der Waals surface area contributed by atoms with E-state index in [1.807, 2.05) is 45.9 Å². The van der Waals surface area contributed by atoms with Crippen LogP contribution < -0.4 is 30.7 Å². The van der Waals surface area contributed by atoms with Crippen molar-refractivity contribution in [3.63, 3.8) is 0 Å². The lowest BCUT2D eigenvalue weighted by Gasteiger charge is -2.30. The summed E-state index contributed by atoms with van der Waals surface area (Å²) in [5, 5.41) is 27.9. The maximum Gasteiger partial charge on any atom is 0.414 e. The zero-order valence-electron chi connectivity index (χ0n) is 69.0. The lowest BCUT2D eigenvalue weighted by Crippen LogP contribution is -2.40. The summed E-state index contributed by atoms with van der Waals surface area (Å²) in [6, 6.07) is 18.8. The fourth-order valence-corrected chi connectivity index (χ4v) is 19.7. The number of fused-ring (bicyclic) bond motifs is 3. The molecule has 0 spiro atoms. The predicted octanol–water partition coefficient (Wildman–Crippen LogP) is 9.97. The van der Waals surface area contributed by atoms with Gasteiger partial charge in [0.1, 0.15) is 0 Å². The number of benzene rings is 3. The number of aromatic nitrogens is 3. The van der Waals surface area contributed by atoms with Gasteiger partial charge in [0.15, 0.2) is 0 Å².